The zero-order valence-corrected chi connectivity index (χ0v) is 13.7. The predicted molar refractivity (Wildman–Crippen MR) is 89.6 cm³/mol. The first-order valence-electron chi connectivity index (χ1n) is 8.58. The van der Waals surface area contributed by atoms with Crippen LogP contribution in [0.4, 0.5) is 5.69 Å². The second-order valence-electron chi connectivity index (χ2n) is 6.92. The quantitative estimate of drug-likeness (QED) is 0.898. The number of aliphatic hydroxyl groups is 1. The average Bonchev–Trinajstić information content (AvgIpc) is 2.54. The fourth-order valence-electron chi connectivity index (χ4n) is 3.48. The normalized spacial score (nSPS) is 23.1. The number of hydrogen-bond acceptors (Lipinski definition) is 4. The van der Waals surface area contributed by atoms with Gasteiger partial charge in [-0.25, -0.2) is 0 Å². The summed E-state index contributed by atoms with van der Waals surface area (Å²) in [5, 5.41) is 14.1. The summed E-state index contributed by atoms with van der Waals surface area (Å²) in [7, 11) is 0. The summed E-state index contributed by atoms with van der Waals surface area (Å²) in [5.41, 5.74) is 2.13. The fraction of sp³-hybridized carbons (Fsp3) is 0.667. The summed E-state index contributed by atoms with van der Waals surface area (Å²) in [4.78, 5) is 2.38. The Balaban J connectivity index is 1.81. The van der Waals surface area contributed by atoms with Crippen LogP contribution in [-0.2, 0) is 0 Å². The van der Waals surface area contributed by atoms with E-state index in [0.717, 1.165) is 49.7 Å². The van der Waals surface area contributed by atoms with Gasteiger partial charge in [-0.15, -0.1) is 0 Å². The topological polar surface area (TPSA) is 44.7 Å². The number of anilines is 1. The molecule has 2 aliphatic heterocycles. The molecule has 122 valence electrons. The zero-order chi connectivity index (χ0) is 15.5. The minimum atomic E-state index is -0.437. The Kier molecular flexibility index (Phi) is 4.89. The molecule has 0 bridgehead atoms. The lowest BCUT2D eigenvalue weighted by molar-refractivity contribution is 0.114. The highest BCUT2D eigenvalue weighted by Gasteiger charge is 2.25. The second kappa shape index (κ2) is 6.88. The number of ether oxygens (including phenoxy) is 1. The molecular weight excluding hydrogens is 276 g/mol. The summed E-state index contributed by atoms with van der Waals surface area (Å²) in [6.07, 6.45) is 3.02. The maximum absolute atomic E-state index is 10.7. The number of nitrogens with one attached hydrogen (secondary N) is 1. The Morgan fingerprint density at radius 2 is 2.23 bits per heavy atom. The van der Waals surface area contributed by atoms with Crippen molar-refractivity contribution in [2.45, 2.75) is 45.3 Å². The Labute approximate surface area is 133 Å². The molecule has 1 aromatic carbocycles. The van der Waals surface area contributed by atoms with Crippen molar-refractivity contribution < 1.29 is 9.84 Å². The van der Waals surface area contributed by atoms with Crippen LogP contribution in [0.15, 0.2) is 18.2 Å². The number of aliphatic hydroxyl groups excluding tert-OH is 1. The van der Waals surface area contributed by atoms with Crippen LogP contribution in [0.5, 0.6) is 5.75 Å². The standard InChI is InChI=1S/C18H28N2O2/c1-13(2)12-20-9-10-22-17-7-6-14(11-16(17)20)18(21)15-5-3-4-8-19-15/h6-7,11,13,15,18-19,21H,3-5,8-10,12H2,1-2H3. The molecule has 0 aliphatic carbocycles. The van der Waals surface area contributed by atoms with E-state index in [4.69, 9.17) is 4.74 Å². The predicted octanol–water partition coefficient (Wildman–Crippen LogP) is 2.72. The van der Waals surface area contributed by atoms with E-state index in [1.165, 1.54) is 12.8 Å². The first kappa shape index (κ1) is 15.6. The number of benzene rings is 1. The lowest BCUT2D eigenvalue weighted by Gasteiger charge is -2.34. The van der Waals surface area contributed by atoms with E-state index in [1.54, 1.807) is 0 Å². The highest BCUT2D eigenvalue weighted by Crippen LogP contribution is 2.35. The van der Waals surface area contributed by atoms with Gasteiger partial charge in [-0.2, -0.15) is 0 Å². The van der Waals surface area contributed by atoms with E-state index in [1.807, 2.05) is 12.1 Å². The van der Waals surface area contributed by atoms with Crippen molar-refractivity contribution in [2.75, 3.05) is 31.1 Å². The van der Waals surface area contributed by atoms with Crippen LogP contribution in [0.25, 0.3) is 0 Å². The van der Waals surface area contributed by atoms with Crippen LogP contribution in [0.2, 0.25) is 0 Å². The molecule has 2 unspecified atom stereocenters. The lowest BCUT2D eigenvalue weighted by Crippen LogP contribution is -2.39. The summed E-state index contributed by atoms with van der Waals surface area (Å²) >= 11 is 0. The van der Waals surface area contributed by atoms with Gasteiger partial charge in [0, 0.05) is 12.6 Å². The monoisotopic (exact) mass is 304 g/mol. The Morgan fingerprint density at radius 3 is 2.95 bits per heavy atom. The van der Waals surface area contributed by atoms with E-state index in [-0.39, 0.29) is 6.04 Å². The maximum atomic E-state index is 10.7. The van der Waals surface area contributed by atoms with Crippen LogP contribution < -0.4 is 15.0 Å². The van der Waals surface area contributed by atoms with Crippen molar-refractivity contribution in [2.24, 2.45) is 5.92 Å². The van der Waals surface area contributed by atoms with Crippen molar-refractivity contribution in [3.05, 3.63) is 23.8 Å². The third-order valence-electron chi connectivity index (χ3n) is 4.60. The fourth-order valence-corrected chi connectivity index (χ4v) is 3.48. The van der Waals surface area contributed by atoms with Crippen molar-refractivity contribution in [3.8, 4) is 5.75 Å². The summed E-state index contributed by atoms with van der Waals surface area (Å²) < 4.78 is 5.78. The lowest BCUT2D eigenvalue weighted by atomic mass is 9.94. The van der Waals surface area contributed by atoms with Gasteiger partial charge in [0.25, 0.3) is 0 Å². The van der Waals surface area contributed by atoms with Gasteiger partial charge in [-0.3, -0.25) is 0 Å². The number of piperidine rings is 1. The molecule has 0 radical (unpaired) electrons. The number of rotatable bonds is 4. The molecule has 22 heavy (non-hydrogen) atoms. The molecule has 1 fully saturated rings. The summed E-state index contributed by atoms with van der Waals surface area (Å²) in [6.45, 7) is 8.17. The number of fused-ring (bicyclic) bond motifs is 1. The van der Waals surface area contributed by atoms with Gasteiger partial charge in [0.15, 0.2) is 0 Å². The molecule has 0 aromatic heterocycles. The van der Waals surface area contributed by atoms with Gasteiger partial charge >= 0.3 is 0 Å². The van der Waals surface area contributed by atoms with Gasteiger partial charge < -0.3 is 20.1 Å². The van der Waals surface area contributed by atoms with E-state index in [9.17, 15) is 5.11 Å². The van der Waals surface area contributed by atoms with Gasteiger partial charge in [-0.05, 0) is 43.0 Å². The van der Waals surface area contributed by atoms with Gasteiger partial charge in [-0.1, -0.05) is 26.3 Å². The Bertz CT molecular complexity index is 498. The van der Waals surface area contributed by atoms with E-state index in [2.05, 4.69) is 30.1 Å². The highest BCUT2D eigenvalue weighted by molar-refractivity contribution is 5.61. The molecule has 2 N–H and O–H groups in total. The smallest absolute Gasteiger partial charge is 0.142 e. The molecule has 0 spiro atoms. The second-order valence-corrected chi connectivity index (χ2v) is 6.92. The van der Waals surface area contributed by atoms with E-state index in [0.29, 0.717) is 5.92 Å². The van der Waals surface area contributed by atoms with Crippen LogP contribution >= 0.6 is 0 Å². The van der Waals surface area contributed by atoms with Gasteiger partial charge in [0.05, 0.1) is 18.3 Å². The molecule has 0 saturated carbocycles. The zero-order valence-electron chi connectivity index (χ0n) is 13.7. The highest BCUT2D eigenvalue weighted by atomic mass is 16.5. The van der Waals surface area contributed by atoms with E-state index >= 15 is 0 Å². The molecule has 1 saturated heterocycles. The van der Waals surface area contributed by atoms with Crippen LogP contribution in [0.3, 0.4) is 0 Å². The summed E-state index contributed by atoms with van der Waals surface area (Å²) in [5.74, 6) is 1.55. The first-order chi connectivity index (χ1) is 10.6. The van der Waals surface area contributed by atoms with Crippen molar-refractivity contribution in [1.82, 2.24) is 5.32 Å². The first-order valence-corrected chi connectivity index (χ1v) is 8.58. The van der Waals surface area contributed by atoms with Crippen LogP contribution in [0.1, 0.15) is 44.8 Å². The largest absolute Gasteiger partial charge is 0.490 e. The van der Waals surface area contributed by atoms with Crippen molar-refractivity contribution >= 4 is 5.69 Å². The van der Waals surface area contributed by atoms with Crippen molar-refractivity contribution in [1.29, 1.82) is 0 Å². The third-order valence-corrected chi connectivity index (χ3v) is 4.60. The molecule has 4 heteroatoms. The van der Waals surface area contributed by atoms with Gasteiger partial charge in [0.2, 0.25) is 0 Å². The van der Waals surface area contributed by atoms with Crippen LogP contribution in [0, 0.1) is 5.92 Å². The molecule has 2 heterocycles. The van der Waals surface area contributed by atoms with E-state index < -0.39 is 6.10 Å². The average molecular weight is 304 g/mol. The molecule has 2 atom stereocenters. The SMILES string of the molecule is CC(C)CN1CCOc2ccc(C(O)C3CCCCN3)cc21. The Morgan fingerprint density at radius 1 is 1.36 bits per heavy atom. The molecule has 1 aromatic rings. The minimum Gasteiger partial charge on any atom is -0.490 e. The molecular formula is C18H28N2O2. The van der Waals surface area contributed by atoms with Crippen LogP contribution in [-0.4, -0.2) is 37.4 Å². The molecule has 4 nitrogen and oxygen atoms in total. The third kappa shape index (κ3) is 3.39. The number of hydrogen-bond donors (Lipinski definition) is 2. The van der Waals surface area contributed by atoms with Crippen molar-refractivity contribution in [3.63, 3.8) is 0 Å². The maximum Gasteiger partial charge on any atom is 0.142 e. The molecule has 3 rings (SSSR count). The minimum absolute atomic E-state index is 0.176. The van der Waals surface area contributed by atoms with Gasteiger partial charge in [0.1, 0.15) is 12.4 Å². The Hall–Kier alpha value is -1.26. The number of nitrogens with zero attached hydrogens (tertiary/aromatic N) is 1. The molecule has 0 amide bonds. The summed E-state index contributed by atoms with van der Waals surface area (Å²) in [6, 6.07) is 6.33. The molecule has 2 aliphatic rings.